The minimum absolute atomic E-state index is 0.00363. The molecule has 2 amide bonds. The summed E-state index contributed by atoms with van der Waals surface area (Å²) in [6.45, 7) is 3.24. The van der Waals surface area contributed by atoms with Gasteiger partial charge < -0.3 is 31.1 Å². The van der Waals surface area contributed by atoms with E-state index in [-0.39, 0.29) is 46.4 Å². The first-order valence-corrected chi connectivity index (χ1v) is 11.7. The number of phenolic OH excluding ortho intramolecular Hbond substituents is 1. The van der Waals surface area contributed by atoms with Crippen molar-refractivity contribution >= 4 is 23.3 Å². The minimum atomic E-state index is -4.52. The van der Waals surface area contributed by atoms with Gasteiger partial charge >= 0.3 is 6.18 Å². The lowest BCUT2D eigenvalue weighted by Crippen LogP contribution is -2.54. The van der Waals surface area contributed by atoms with Crippen LogP contribution in [-0.4, -0.2) is 59.0 Å². The van der Waals surface area contributed by atoms with Crippen LogP contribution in [0.5, 0.6) is 5.75 Å². The van der Waals surface area contributed by atoms with E-state index in [1.54, 1.807) is 13.8 Å². The Labute approximate surface area is 217 Å². The predicted molar refractivity (Wildman–Crippen MR) is 133 cm³/mol. The lowest BCUT2D eigenvalue weighted by atomic mass is 9.92. The van der Waals surface area contributed by atoms with Crippen molar-refractivity contribution in [2.45, 2.75) is 38.7 Å². The Hall–Kier alpha value is -4.06. The van der Waals surface area contributed by atoms with Gasteiger partial charge in [0.15, 0.2) is 11.9 Å². The molecule has 204 valence electrons. The molecule has 3 rings (SSSR count). The lowest BCUT2D eigenvalue weighted by Gasteiger charge is -2.33. The van der Waals surface area contributed by atoms with E-state index in [1.165, 1.54) is 49.3 Å². The maximum atomic E-state index is 13.0. The number of ketones is 1. The zero-order chi connectivity index (χ0) is 28.4. The van der Waals surface area contributed by atoms with E-state index in [2.05, 4.69) is 16.0 Å². The first-order valence-electron chi connectivity index (χ1n) is 11.7. The molecule has 2 aromatic rings. The summed E-state index contributed by atoms with van der Waals surface area (Å²) in [5.41, 5.74) is -0.615. The van der Waals surface area contributed by atoms with Crippen molar-refractivity contribution in [3.63, 3.8) is 0 Å². The molecule has 0 aromatic heterocycles. The summed E-state index contributed by atoms with van der Waals surface area (Å²) in [6, 6.07) is 7.97. The number of alkyl halides is 3. The van der Waals surface area contributed by atoms with E-state index in [4.69, 9.17) is 0 Å². The number of aliphatic hydroxyl groups excluding tert-OH is 1. The van der Waals surface area contributed by atoms with Crippen molar-refractivity contribution in [3.05, 3.63) is 70.5 Å². The average Bonchev–Trinajstić information content (AvgIpc) is 2.86. The van der Waals surface area contributed by atoms with E-state index in [9.17, 15) is 37.8 Å². The summed E-state index contributed by atoms with van der Waals surface area (Å²) < 4.78 is 38.9. The summed E-state index contributed by atoms with van der Waals surface area (Å²) in [5.74, 6) is -2.46. The first-order chi connectivity index (χ1) is 17.7. The van der Waals surface area contributed by atoms with Crippen molar-refractivity contribution in [2.24, 2.45) is 5.92 Å². The van der Waals surface area contributed by atoms with Crippen LogP contribution in [0.3, 0.4) is 0 Å². The van der Waals surface area contributed by atoms with Gasteiger partial charge in [-0.15, -0.1) is 0 Å². The molecule has 9 nitrogen and oxygen atoms in total. The summed E-state index contributed by atoms with van der Waals surface area (Å²) in [5, 5.41) is 29.0. The quantitative estimate of drug-likeness (QED) is 0.313. The molecule has 0 spiro atoms. The topological polar surface area (TPSA) is 131 Å². The molecule has 12 heteroatoms. The number of aliphatic hydroxyl groups is 1. The Balaban J connectivity index is 1.79. The van der Waals surface area contributed by atoms with Crippen molar-refractivity contribution in [1.29, 1.82) is 0 Å². The third kappa shape index (κ3) is 6.08. The number of anilines is 1. The average molecular weight is 535 g/mol. The van der Waals surface area contributed by atoms with E-state index in [0.29, 0.717) is 0 Å². The van der Waals surface area contributed by atoms with Gasteiger partial charge in [-0.25, -0.2) is 0 Å². The number of nitrogens with zero attached hydrogens (tertiary/aromatic N) is 1. The third-order valence-corrected chi connectivity index (χ3v) is 5.95. The van der Waals surface area contributed by atoms with Crippen molar-refractivity contribution < 1.29 is 37.8 Å². The molecule has 0 saturated carbocycles. The van der Waals surface area contributed by atoms with Crippen LogP contribution in [0, 0.1) is 5.92 Å². The fourth-order valence-electron chi connectivity index (χ4n) is 3.79. The number of hydrogen-bond acceptors (Lipinski definition) is 7. The first kappa shape index (κ1) is 28.5. The zero-order valence-electron chi connectivity index (χ0n) is 21.2. The van der Waals surface area contributed by atoms with Gasteiger partial charge in [-0.3, -0.25) is 14.4 Å². The number of Topliss-reactive ketones (excluding diaryl/α,β-unsaturated/α-hetero) is 1. The molecule has 2 atom stereocenters. The second-order valence-electron chi connectivity index (χ2n) is 9.36. The van der Waals surface area contributed by atoms with E-state index in [1.807, 2.05) is 0 Å². The Morgan fingerprint density at radius 2 is 1.76 bits per heavy atom. The molecule has 5 N–H and O–H groups in total. The summed E-state index contributed by atoms with van der Waals surface area (Å²) >= 11 is 0. The molecule has 1 unspecified atom stereocenters. The monoisotopic (exact) mass is 534 g/mol. The highest BCUT2D eigenvalue weighted by atomic mass is 19.4. The molecule has 0 radical (unpaired) electrons. The van der Waals surface area contributed by atoms with Crippen molar-refractivity contribution in [2.75, 3.05) is 19.4 Å². The third-order valence-electron chi connectivity index (χ3n) is 5.95. The molecule has 0 aliphatic heterocycles. The number of para-hydroxylation sites is 1. The number of halogens is 3. The number of amides is 2. The predicted octanol–water partition coefficient (Wildman–Crippen LogP) is 2.61. The Morgan fingerprint density at radius 3 is 2.37 bits per heavy atom. The van der Waals surface area contributed by atoms with Crippen LogP contribution in [0.2, 0.25) is 0 Å². The Kier molecular flexibility index (Phi) is 8.35. The smallest absolute Gasteiger partial charge is 0.416 e. The molecule has 0 bridgehead atoms. The number of phenols is 1. The number of nitrogens with one attached hydrogen (secondary N) is 3. The molecule has 1 aliphatic rings. The number of carbonyl (C=O) groups excluding carboxylic acids is 3. The second kappa shape index (κ2) is 11.1. The van der Waals surface area contributed by atoms with Crippen LogP contribution in [0.15, 0.2) is 53.9 Å². The Morgan fingerprint density at radius 1 is 1.11 bits per heavy atom. The highest BCUT2D eigenvalue weighted by Gasteiger charge is 2.41. The molecule has 0 saturated heterocycles. The maximum Gasteiger partial charge on any atom is 0.416 e. The number of benzene rings is 2. The van der Waals surface area contributed by atoms with Crippen molar-refractivity contribution in [1.82, 2.24) is 15.5 Å². The van der Waals surface area contributed by atoms with Crippen LogP contribution in [-0.2, 0) is 22.3 Å². The Bertz CT molecular complexity index is 1270. The molecule has 0 fully saturated rings. The zero-order valence-corrected chi connectivity index (χ0v) is 21.2. The van der Waals surface area contributed by atoms with Gasteiger partial charge in [0.05, 0.1) is 22.5 Å². The van der Waals surface area contributed by atoms with Gasteiger partial charge in [-0.2, -0.15) is 13.2 Å². The van der Waals surface area contributed by atoms with E-state index >= 15 is 0 Å². The number of rotatable bonds is 9. The minimum Gasteiger partial charge on any atom is -0.505 e. The largest absolute Gasteiger partial charge is 0.505 e. The fourth-order valence-corrected chi connectivity index (χ4v) is 3.79. The SMILES string of the molecule is CC(C)[C@@H](NC1=C(Nc2cccc(C(=O)N(C)C)c2O)C(O)C1=O)C(=O)NCc1cccc(C(F)(F)F)c1. The van der Waals surface area contributed by atoms with Gasteiger partial charge in [0.1, 0.15) is 11.7 Å². The van der Waals surface area contributed by atoms with Gasteiger partial charge in [0.2, 0.25) is 11.7 Å². The van der Waals surface area contributed by atoms with Gasteiger partial charge in [-0.1, -0.05) is 32.0 Å². The molecule has 1 aliphatic carbocycles. The summed E-state index contributed by atoms with van der Waals surface area (Å²) in [7, 11) is 3.04. The van der Waals surface area contributed by atoms with Crippen molar-refractivity contribution in [3.8, 4) is 5.75 Å². The van der Waals surface area contributed by atoms with Gasteiger partial charge in [0.25, 0.3) is 5.91 Å². The highest BCUT2D eigenvalue weighted by Crippen LogP contribution is 2.33. The molecule has 2 aromatic carbocycles. The second-order valence-corrected chi connectivity index (χ2v) is 9.36. The van der Waals surface area contributed by atoms with E-state index < -0.39 is 41.5 Å². The van der Waals surface area contributed by atoms with Crippen LogP contribution < -0.4 is 16.0 Å². The molecule has 0 heterocycles. The summed E-state index contributed by atoms with van der Waals surface area (Å²) in [4.78, 5) is 38.9. The van der Waals surface area contributed by atoms with Gasteiger partial charge in [0, 0.05) is 20.6 Å². The lowest BCUT2D eigenvalue weighted by molar-refractivity contribution is -0.137. The van der Waals surface area contributed by atoms with Gasteiger partial charge in [-0.05, 0) is 35.7 Å². The van der Waals surface area contributed by atoms with Crippen LogP contribution >= 0.6 is 0 Å². The number of carbonyl (C=O) groups is 3. The summed E-state index contributed by atoms with van der Waals surface area (Å²) in [6.07, 6.45) is -6.07. The highest BCUT2D eigenvalue weighted by molar-refractivity contribution is 6.10. The van der Waals surface area contributed by atoms with E-state index in [0.717, 1.165) is 12.1 Å². The van der Waals surface area contributed by atoms with Crippen LogP contribution in [0.1, 0.15) is 35.3 Å². The van der Waals surface area contributed by atoms with Crippen LogP contribution in [0.25, 0.3) is 0 Å². The number of aromatic hydroxyl groups is 1. The van der Waals surface area contributed by atoms with Crippen LogP contribution in [0.4, 0.5) is 18.9 Å². The molecule has 38 heavy (non-hydrogen) atoms. The maximum absolute atomic E-state index is 13.0. The normalized spacial score (nSPS) is 16.1. The number of hydrogen-bond donors (Lipinski definition) is 5. The fraction of sp³-hybridized carbons (Fsp3) is 0.346. The molecular weight excluding hydrogens is 505 g/mol. The molecular formula is C26H29F3N4O5. The standard InChI is InChI=1S/C26H29F3N4O5/c1-13(2)18(24(37)30-12-14-7-5-8-15(11-14)26(27,28)29)32-20-19(22(35)23(20)36)31-17-10-6-9-16(21(17)34)25(38)33(3)4/h5-11,13,18,22,31-32,34-35H,12H2,1-4H3,(H,30,37)/t18-,22?/m1/s1.